The largest absolute Gasteiger partial charge is 0.414 e. The number of ether oxygens (including phenoxy) is 1. The van der Waals surface area contributed by atoms with E-state index in [1.807, 2.05) is 0 Å². The van der Waals surface area contributed by atoms with E-state index in [0.29, 0.717) is 0 Å². The minimum absolute atomic E-state index is 0.0440. The van der Waals surface area contributed by atoms with Gasteiger partial charge in [0, 0.05) is 17.5 Å². The zero-order valence-corrected chi connectivity index (χ0v) is 17.3. The number of nitrogens with zero attached hydrogens (tertiary/aromatic N) is 5. The Balaban J connectivity index is 2.28. The topological polar surface area (TPSA) is 128 Å². The van der Waals surface area contributed by atoms with Crippen molar-refractivity contribution in [1.29, 1.82) is 0 Å². The molecule has 1 fully saturated rings. The van der Waals surface area contributed by atoms with Gasteiger partial charge in [-0.3, -0.25) is 4.57 Å². The second-order valence-corrected chi connectivity index (χ2v) is 13.2. The molecule has 1 aromatic heterocycles. The molecule has 0 saturated carbocycles. The van der Waals surface area contributed by atoms with Gasteiger partial charge >= 0.3 is 5.69 Å². The van der Waals surface area contributed by atoms with Crippen LogP contribution in [0.3, 0.4) is 0 Å². The number of hydrogen-bond acceptors (Lipinski definition) is 6. The quantitative estimate of drug-likeness (QED) is 0.341. The van der Waals surface area contributed by atoms with Gasteiger partial charge in [0.15, 0.2) is 14.5 Å². The van der Waals surface area contributed by atoms with E-state index in [9.17, 15) is 9.18 Å². The van der Waals surface area contributed by atoms with Crippen LogP contribution < -0.4 is 11.4 Å². The highest BCUT2D eigenvalue weighted by atomic mass is 28.4. The van der Waals surface area contributed by atoms with Gasteiger partial charge in [0.05, 0.1) is 13.2 Å². The van der Waals surface area contributed by atoms with Crippen LogP contribution in [0.2, 0.25) is 18.1 Å². The molecule has 0 bridgehead atoms. The minimum Gasteiger partial charge on any atom is -0.414 e. The molecular formula is C16H27FN6O3Si. The number of aromatic nitrogens is 2. The Labute approximate surface area is 158 Å². The molecular weight excluding hydrogens is 371 g/mol. The number of nitrogen functional groups attached to an aromatic ring is 1. The summed E-state index contributed by atoms with van der Waals surface area (Å²) in [5.41, 5.74) is 12.4. The zero-order chi connectivity index (χ0) is 20.5. The summed E-state index contributed by atoms with van der Waals surface area (Å²) in [4.78, 5) is 18.4. The van der Waals surface area contributed by atoms with E-state index in [-0.39, 0.29) is 30.4 Å². The predicted molar refractivity (Wildman–Crippen MR) is 102 cm³/mol. The summed E-state index contributed by atoms with van der Waals surface area (Å²) in [5.74, 6) is 0.0475. The Bertz CT molecular complexity index is 789. The van der Waals surface area contributed by atoms with Crippen molar-refractivity contribution in [2.24, 2.45) is 5.11 Å². The maximum Gasteiger partial charge on any atom is 0.351 e. The molecule has 9 nitrogen and oxygen atoms in total. The molecule has 2 heterocycles. The lowest BCUT2D eigenvalue weighted by atomic mass is 10.0. The lowest BCUT2D eigenvalue weighted by molar-refractivity contribution is -0.0973. The van der Waals surface area contributed by atoms with Crippen LogP contribution >= 0.6 is 0 Å². The molecule has 1 aliphatic rings. The standard InChI is InChI=1S/C16H27FN6O3Si/c1-15(2,3)27(4,5)25-10-16(9-20-22-19)8-11(17)13(26-16)23-7-6-12(18)21-14(23)24/h6-7,11,13H,8-10H2,1-5H3,(H2,18,21,24)/t11-,13-,16?/m1/s1. The molecule has 1 aromatic rings. The van der Waals surface area contributed by atoms with Crippen LogP contribution in [0.25, 0.3) is 10.4 Å². The molecule has 0 aromatic carbocycles. The Morgan fingerprint density at radius 1 is 1.59 bits per heavy atom. The molecule has 0 aliphatic carbocycles. The highest BCUT2D eigenvalue weighted by Crippen LogP contribution is 2.42. The highest BCUT2D eigenvalue weighted by Gasteiger charge is 2.50. The van der Waals surface area contributed by atoms with Crippen LogP contribution in [0.4, 0.5) is 10.2 Å². The van der Waals surface area contributed by atoms with Crippen molar-refractivity contribution < 1.29 is 13.6 Å². The number of halogens is 1. The van der Waals surface area contributed by atoms with Crippen molar-refractivity contribution in [3.63, 3.8) is 0 Å². The van der Waals surface area contributed by atoms with Gasteiger partial charge in [0.25, 0.3) is 0 Å². The number of nitrogens with two attached hydrogens (primary N) is 1. The molecule has 0 spiro atoms. The van der Waals surface area contributed by atoms with Crippen molar-refractivity contribution in [3.05, 3.63) is 33.2 Å². The highest BCUT2D eigenvalue weighted by molar-refractivity contribution is 6.74. The van der Waals surface area contributed by atoms with Gasteiger partial charge < -0.3 is 14.9 Å². The second kappa shape index (κ2) is 7.59. The number of azide groups is 1. The summed E-state index contributed by atoms with van der Waals surface area (Å²) in [6.07, 6.45) is -1.37. The average Bonchev–Trinajstić information content (AvgIpc) is 2.87. The number of anilines is 1. The molecule has 2 rings (SSSR count). The zero-order valence-electron chi connectivity index (χ0n) is 16.3. The van der Waals surface area contributed by atoms with Crippen molar-refractivity contribution >= 4 is 14.1 Å². The number of rotatable bonds is 6. The molecule has 2 N–H and O–H groups in total. The SMILES string of the molecule is CC(C)(C)[Si](C)(C)OCC1(CN=[N+]=[N-])C[C@@H](F)[C@H](n2ccc(N)nc2=O)O1. The van der Waals surface area contributed by atoms with E-state index >= 15 is 0 Å². The summed E-state index contributed by atoms with van der Waals surface area (Å²) in [6.45, 7) is 10.4. The fraction of sp³-hybridized carbons (Fsp3) is 0.750. The summed E-state index contributed by atoms with van der Waals surface area (Å²) in [5, 5.41) is 3.55. The van der Waals surface area contributed by atoms with Gasteiger partial charge in [-0.2, -0.15) is 4.98 Å². The molecule has 0 amide bonds. The van der Waals surface area contributed by atoms with Crippen molar-refractivity contribution in [3.8, 4) is 0 Å². The third kappa shape index (κ3) is 4.67. The first-order chi connectivity index (χ1) is 12.4. The maximum absolute atomic E-state index is 14.8. The smallest absolute Gasteiger partial charge is 0.351 e. The third-order valence-electron chi connectivity index (χ3n) is 5.30. The number of alkyl halides is 1. The Morgan fingerprint density at radius 2 is 2.26 bits per heavy atom. The summed E-state index contributed by atoms with van der Waals surface area (Å²) >= 11 is 0. The molecule has 150 valence electrons. The maximum atomic E-state index is 14.8. The molecule has 11 heteroatoms. The molecule has 0 radical (unpaired) electrons. The molecule has 1 saturated heterocycles. The van der Waals surface area contributed by atoms with Crippen LogP contribution in [0, 0.1) is 0 Å². The van der Waals surface area contributed by atoms with Crippen molar-refractivity contribution in [1.82, 2.24) is 9.55 Å². The monoisotopic (exact) mass is 398 g/mol. The van der Waals surface area contributed by atoms with E-state index in [4.69, 9.17) is 20.4 Å². The Morgan fingerprint density at radius 3 is 2.81 bits per heavy atom. The van der Waals surface area contributed by atoms with Gasteiger partial charge in [-0.15, -0.1) is 0 Å². The van der Waals surface area contributed by atoms with Crippen LogP contribution in [0.5, 0.6) is 0 Å². The first kappa shape index (κ1) is 21.4. The van der Waals surface area contributed by atoms with Gasteiger partial charge in [-0.1, -0.05) is 25.9 Å². The second-order valence-electron chi connectivity index (χ2n) is 8.39. The van der Waals surface area contributed by atoms with Gasteiger partial charge in [0.1, 0.15) is 17.6 Å². The molecule has 1 aliphatic heterocycles. The van der Waals surface area contributed by atoms with Gasteiger partial charge in [-0.05, 0) is 29.7 Å². The average molecular weight is 399 g/mol. The fourth-order valence-electron chi connectivity index (χ4n) is 2.61. The van der Waals surface area contributed by atoms with Crippen LogP contribution in [0.15, 0.2) is 22.2 Å². The third-order valence-corrected chi connectivity index (χ3v) is 9.78. The van der Waals surface area contributed by atoms with Gasteiger partial charge in [0.2, 0.25) is 0 Å². The van der Waals surface area contributed by atoms with E-state index in [2.05, 4.69) is 48.9 Å². The predicted octanol–water partition coefficient (Wildman–Crippen LogP) is 3.15. The fourth-order valence-corrected chi connectivity index (χ4v) is 3.67. The summed E-state index contributed by atoms with van der Waals surface area (Å²) in [7, 11) is -2.13. The molecule has 3 atom stereocenters. The van der Waals surface area contributed by atoms with Crippen molar-refractivity contribution in [2.45, 2.75) is 63.3 Å². The normalized spacial score (nSPS) is 26.0. The molecule has 1 unspecified atom stereocenters. The lowest BCUT2D eigenvalue weighted by Gasteiger charge is -2.39. The minimum atomic E-state index is -2.13. The van der Waals surface area contributed by atoms with E-state index < -0.39 is 32.0 Å². The lowest BCUT2D eigenvalue weighted by Crippen LogP contribution is -2.47. The van der Waals surface area contributed by atoms with Crippen LogP contribution in [-0.2, 0) is 9.16 Å². The summed E-state index contributed by atoms with van der Waals surface area (Å²) in [6, 6.07) is 1.40. The van der Waals surface area contributed by atoms with E-state index in [1.54, 1.807) is 0 Å². The first-order valence-electron chi connectivity index (χ1n) is 8.72. The Hall–Kier alpha value is -1.94. The van der Waals surface area contributed by atoms with E-state index in [0.717, 1.165) is 4.57 Å². The molecule has 27 heavy (non-hydrogen) atoms. The van der Waals surface area contributed by atoms with Crippen molar-refractivity contribution in [2.75, 3.05) is 18.9 Å². The first-order valence-corrected chi connectivity index (χ1v) is 11.6. The Kier molecular flexibility index (Phi) is 6.00. The summed E-state index contributed by atoms with van der Waals surface area (Å²) < 4.78 is 28.0. The van der Waals surface area contributed by atoms with Crippen LogP contribution in [-0.4, -0.2) is 42.8 Å². The van der Waals surface area contributed by atoms with Crippen LogP contribution in [0.1, 0.15) is 33.4 Å². The van der Waals surface area contributed by atoms with Gasteiger partial charge in [-0.25, -0.2) is 9.18 Å². The van der Waals surface area contributed by atoms with E-state index in [1.165, 1.54) is 12.3 Å². The number of hydrogen-bond donors (Lipinski definition) is 1.